The van der Waals surface area contributed by atoms with E-state index in [1.54, 1.807) is 0 Å². The molecule has 0 aromatic heterocycles. The lowest BCUT2D eigenvalue weighted by atomic mass is 9.92. The Morgan fingerprint density at radius 1 is 1.24 bits per heavy atom. The van der Waals surface area contributed by atoms with Crippen LogP contribution in [0.3, 0.4) is 0 Å². The quantitative estimate of drug-likeness (QED) is 0.474. The summed E-state index contributed by atoms with van der Waals surface area (Å²) in [6.07, 6.45) is 6.46. The van der Waals surface area contributed by atoms with E-state index in [1.165, 1.54) is 45.2 Å². The molecule has 0 aliphatic carbocycles. The highest BCUT2D eigenvalue weighted by molar-refractivity contribution is 4.80. The van der Waals surface area contributed by atoms with Gasteiger partial charge in [0.2, 0.25) is 0 Å². The fraction of sp³-hybridized carbons (Fsp3) is 1.00. The topological polar surface area (TPSA) is 65.3 Å². The number of likely N-dealkylation sites (tertiary alicyclic amines) is 1. The smallest absolute Gasteiger partial charge is 0.0192 e. The highest BCUT2D eigenvalue weighted by Crippen LogP contribution is 2.16. The monoisotopic (exact) mass is 297 g/mol. The van der Waals surface area contributed by atoms with Crippen molar-refractivity contribution in [2.45, 2.75) is 44.2 Å². The zero-order valence-corrected chi connectivity index (χ0v) is 13.7. The minimum Gasteiger partial charge on any atom is -0.327 e. The number of hydrogen-bond acceptors (Lipinski definition) is 5. The number of nitrogens with zero attached hydrogens (tertiary/aromatic N) is 1. The Morgan fingerprint density at radius 3 is 2.86 bits per heavy atom. The van der Waals surface area contributed by atoms with E-state index in [0.29, 0.717) is 12.1 Å². The Bertz CT molecular complexity index is 265. The molecule has 0 aromatic carbocycles. The number of piperidine rings is 2. The van der Waals surface area contributed by atoms with Crippen molar-refractivity contribution in [3.63, 3.8) is 0 Å². The van der Waals surface area contributed by atoms with Crippen LogP contribution in [0, 0.1) is 5.92 Å². The van der Waals surface area contributed by atoms with Gasteiger partial charge in [0.1, 0.15) is 0 Å². The summed E-state index contributed by atoms with van der Waals surface area (Å²) in [6.45, 7) is 7.99. The molecule has 0 bridgehead atoms. The third kappa shape index (κ3) is 6.61. The lowest BCUT2D eigenvalue weighted by molar-refractivity contribution is 0.207. The number of hydrogen-bond donors (Lipinski definition) is 4. The third-order valence-corrected chi connectivity index (χ3v) is 4.96. The molecule has 0 radical (unpaired) electrons. The molecule has 2 rings (SSSR count). The second kappa shape index (κ2) is 9.74. The van der Waals surface area contributed by atoms with Gasteiger partial charge >= 0.3 is 0 Å². The molecule has 0 spiro atoms. The van der Waals surface area contributed by atoms with Crippen LogP contribution in [0.1, 0.15) is 32.1 Å². The Hall–Kier alpha value is -0.200. The Morgan fingerprint density at radius 2 is 2.14 bits per heavy atom. The van der Waals surface area contributed by atoms with Crippen LogP contribution in [0.5, 0.6) is 0 Å². The van der Waals surface area contributed by atoms with Crippen LogP contribution < -0.4 is 21.7 Å². The summed E-state index contributed by atoms with van der Waals surface area (Å²) >= 11 is 0. The van der Waals surface area contributed by atoms with Crippen molar-refractivity contribution in [1.82, 2.24) is 20.9 Å². The molecule has 0 saturated carbocycles. The first-order valence-corrected chi connectivity index (χ1v) is 8.84. The van der Waals surface area contributed by atoms with Gasteiger partial charge in [-0.05, 0) is 64.7 Å². The summed E-state index contributed by atoms with van der Waals surface area (Å²) in [4.78, 5) is 2.50. The highest BCUT2D eigenvalue weighted by Gasteiger charge is 2.20. The van der Waals surface area contributed by atoms with Crippen LogP contribution in [0.2, 0.25) is 0 Å². The van der Waals surface area contributed by atoms with Crippen molar-refractivity contribution < 1.29 is 0 Å². The second-order valence-electron chi connectivity index (χ2n) is 6.85. The second-order valence-corrected chi connectivity index (χ2v) is 6.85. The van der Waals surface area contributed by atoms with Gasteiger partial charge < -0.3 is 26.6 Å². The van der Waals surface area contributed by atoms with E-state index < -0.39 is 0 Å². The predicted molar refractivity (Wildman–Crippen MR) is 89.6 cm³/mol. The van der Waals surface area contributed by atoms with Gasteiger partial charge in [-0.2, -0.15) is 0 Å². The fourth-order valence-electron chi connectivity index (χ4n) is 3.55. The summed E-state index contributed by atoms with van der Waals surface area (Å²) in [6, 6.07) is 1.06. The van der Waals surface area contributed by atoms with Crippen LogP contribution in [-0.2, 0) is 0 Å². The van der Waals surface area contributed by atoms with E-state index in [-0.39, 0.29) is 0 Å². The van der Waals surface area contributed by atoms with Gasteiger partial charge in [-0.3, -0.25) is 0 Å². The molecule has 0 amide bonds. The zero-order chi connectivity index (χ0) is 14.9. The summed E-state index contributed by atoms with van der Waals surface area (Å²) < 4.78 is 0. The first kappa shape index (κ1) is 17.2. The molecule has 5 N–H and O–H groups in total. The van der Waals surface area contributed by atoms with Gasteiger partial charge in [-0.25, -0.2) is 0 Å². The van der Waals surface area contributed by atoms with Crippen molar-refractivity contribution in [1.29, 1.82) is 0 Å². The largest absolute Gasteiger partial charge is 0.327 e. The average molecular weight is 297 g/mol. The zero-order valence-electron chi connectivity index (χ0n) is 13.7. The summed E-state index contributed by atoms with van der Waals surface area (Å²) in [7, 11) is 2.04. The van der Waals surface area contributed by atoms with Gasteiger partial charge in [0, 0.05) is 38.3 Å². The van der Waals surface area contributed by atoms with E-state index in [1.807, 2.05) is 7.05 Å². The summed E-state index contributed by atoms with van der Waals surface area (Å²) in [5.41, 5.74) is 6.02. The standard InChI is InChI=1S/C16H35N5/c1-18-7-6-14-4-5-16(20-11-14)12-19-8-10-21-9-2-3-15(17)13-21/h14-16,18-20H,2-13,17H2,1H3/t14?,15-,16?/m0/s1. The molecule has 124 valence electrons. The van der Waals surface area contributed by atoms with Crippen molar-refractivity contribution in [2.75, 3.05) is 52.9 Å². The van der Waals surface area contributed by atoms with Crippen LogP contribution in [0.25, 0.3) is 0 Å². The fourth-order valence-corrected chi connectivity index (χ4v) is 3.55. The maximum atomic E-state index is 6.02. The van der Waals surface area contributed by atoms with Gasteiger partial charge in [-0.15, -0.1) is 0 Å². The maximum Gasteiger partial charge on any atom is 0.0192 e. The van der Waals surface area contributed by atoms with Crippen LogP contribution in [0.4, 0.5) is 0 Å². The highest BCUT2D eigenvalue weighted by atomic mass is 15.2. The van der Waals surface area contributed by atoms with Gasteiger partial charge in [0.05, 0.1) is 0 Å². The molecule has 5 nitrogen and oxygen atoms in total. The predicted octanol–water partition coefficient (Wildman–Crippen LogP) is -0.0232. The molecule has 2 saturated heterocycles. The molecule has 2 aliphatic heterocycles. The minimum absolute atomic E-state index is 0.397. The normalized spacial score (nSPS) is 31.4. The van der Waals surface area contributed by atoms with Gasteiger partial charge in [0.25, 0.3) is 0 Å². The third-order valence-electron chi connectivity index (χ3n) is 4.96. The minimum atomic E-state index is 0.397. The first-order chi connectivity index (χ1) is 10.3. The number of rotatable bonds is 8. The van der Waals surface area contributed by atoms with E-state index in [0.717, 1.165) is 38.6 Å². The molecular weight excluding hydrogens is 262 g/mol. The molecule has 2 aliphatic rings. The summed E-state index contributed by atoms with van der Waals surface area (Å²) in [5, 5.41) is 10.6. The van der Waals surface area contributed by atoms with Crippen LogP contribution >= 0.6 is 0 Å². The molecule has 3 atom stereocenters. The molecule has 2 unspecified atom stereocenters. The van der Waals surface area contributed by atoms with Gasteiger partial charge in [-0.1, -0.05) is 0 Å². The molecule has 0 aromatic rings. The Kier molecular flexibility index (Phi) is 7.96. The number of nitrogens with one attached hydrogen (secondary N) is 3. The van der Waals surface area contributed by atoms with E-state index in [4.69, 9.17) is 5.73 Å². The molecule has 21 heavy (non-hydrogen) atoms. The van der Waals surface area contributed by atoms with Crippen LogP contribution in [0.15, 0.2) is 0 Å². The van der Waals surface area contributed by atoms with Crippen molar-refractivity contribution in [3.05, 3.63) is 0 Å². The SMILES string of the molecule is CNCCC1CCC(CNCCN2CCC[C@H](N)C2)NC1. The lowest BCUT2D eigenvalue weighted by Crippen LogP contribution is -2.48. The Labute approximate surface area is 130 Å². The van der Waals surface area contributed by atoms with E-state index >= 15 is 0 Å². The molecule has 2 heterocycles. The van der Waals surface area contributed by atoms with Crippen LogP contribution in [-0.4, -0.2) is 69.8 Å². The van der Waals surface area contributed by atoms with E-state index in [9.17, 15) is 0 Å². The van der Waals surface area contributed by atoms with Crippen molar-refractivity contribution in [2.24, 2.45) is 11.7 Å². The number of nitrogens with two attached hydrogens (primary N) is 1. The first-order valence-electron chi connectivity index (χ1n) is 8.84. The maximum absolute atomic E-state index is 6.02. The van der Waals surface area contributed by atoms with Crippen molar-refractivity contribution in [3.8, 4) is 0 Å². The lowest BCUT2D eigenvalue weighted by Gasteiger charge is -2.32. The summed E-state index contributed by atoms with van der Waals surface area (Å²) in [5.74, 6) is 0.864. The Balaban J connectivity index is 1.48. The average Bonchev–Trinajstić information content (AvgIpc) is 2.51. The van der Waals surface area contributed by atoms with Gasteiger partial charge in [0.15, 0.2) is 0 Å². The molecule has 2 fully saturated rings. The molecule has 5 heteroatoms. The van der Waals surface area contributed by atoms with E-state index in [2.05, 4.69) is 20.9 Å². The van der Waals surface area contributed by atoms with Crippen molar-refractivity contribution >= 4 is 0 Å². The molecular formula is C16H35N5.